The van der Waals surface area contributed by atoms with Crippen molar-refractivity contribution < 1.29 is 32.0 Å². The fourth-order valence-electron chi connectivity index (χ4n) is 4.05. The third-order valence-electron chi connectivity index (χ3n) is 5.70. The Hall–Kier alpha value is 0.160. The molecule has 1 N–H and O–H groups in total. The molecule has 194 valence electrons. The van der Waals surface area contributed by atoms with Crippen molar-refractivity contribution in [3.05, 3.63) is 77.5 Å². The Morgan fingerprint density at radius 2 is 1.22 bits per heavy atom. The first-order chi connectivity index (χ1) is 17.3. The Morgan fingerprint density at radius 1 is 0.757 bits per heavy atom. The molecular weight excluding hydrogens is 1070 g/mol. The fraction of sp³-hybridized carbons (Fsp3) is 0.167. The zero-order valence-corrected chi connectivity index (χ0v) is 30.0. The summed E-state index contributed by atoms with van der Waals surface area (Å²) in [7, 11) is -4.44. The van der Waals surface area contributed by atoms with Gasteiger partial charge in [0.2, 0.25) is 0 Å². The summed E-state index contributed by atoms with van der Waals surface area (Å²) in [6, 6.07) is 14.2. The molecule has 37 heavy (non-hydrogen) atoms. The Balaban J connectivity index is 1.65. The van der Waals surface area contributed by atoms with Gasteiger partial charge < -0.3 is 9.47 Å². The van der Waals surface area contributed by atoms with E-state index in [2.05, 4.69) is 67.8 Å². The molecule has 0 aromatic heterocycles. The summed E-state index contributed by atoms with van der Waals surface area (Å²) in [5, 5.41) is 0. The van der Waals surface area contributed by atoms with Gasteiger partial charge >= 0.3 is 11.9 Å². The number of hydrogen-bond donors (Lipinski definition) is 1. The van der Waals surface area contributed by atoms with E-state index in [1.54, 1.807) is 45.2 Å². The number of carbonyl (C=O) groups is 2. The van der Waals surface area contributed by atoms with Crippen molar-refractivity contribution in [3.63, 3.8) is 0 Å². The third kappa shape index (κ3) is 7.09. The van der Waals surface area contributed by atoms with Crippen molar-refractivity contribution in [2.24, 2.45) is 11.8 Å². The molecule has 0 radical (unpaired) electrons. The zero-order chi connectivity index (χ0) is 27.1. The molecule has 13 heteroatoms. The highest BCUT2D eigenvalue weighted by Crippen LogP contribution is 2.36. The van der Waals surface area contributed by atoms with Crippen molar-refractivity contribution >= 4 is 135 Å². The largest absolute Gasteiger partial charge is 0.426 e. The summed E-state index contributed by atoms with van der Waals surface area (Å²) in [6.07, 6.45) is 0.621. The second-order valence-electron chi connectivity index (χ2n) is 8.12. The first-order valence-electron chi connectivity index (χ1n) is 10.5. The van der Waals surface area contributed by atoms with E-state index in [4.69, 9.17) is 9.47 Å². The van der Waals surface area contributed by atoms with Crippen LogP contribution in [0.15, 0.2) is 53.4 Å². The Labute approximate surface area is 281 Å². The van der Waals surface area contributed by atoms with E-state index in [0.717, 1.165) is 21.8 Å². The van der Waals surface area contributed by atoms with Crippen LogP contribution in [0.2, 0.25) is 0 Å². The van der Waals surface area contributed by atoms with Crippen molar-refractivity contribution in [2.75, 3.05) is 0 Å². The van der Waals surface area contributed by atoms with Gasteiger partial charge in [0.1, 0.15) is 10.6 Å². The summed E-state index contributed by atoms with van der Waals surface area (Å²) in [6.45, 7) is 0. The SMILES string of the molecule is O=C(Oc1cc(I)c(S(=O)(=O)O)c(I)c1)C1Cc2ccccc2CC1C(=O)Oc1c(I)cc(I)cc1I. The highest BCUT2D eigenvalue weighted by molar-refractivity contribution is 14.1. The molecule has 0 spiro atoms. The molecule has 0 heterocycles. The molecule has 0 saturated carbocycles. The summed E-state index contributed by atoms with van der Waals surface area (Å²) in [4.78, 5) is 26.6. The van der Waals surface area contributed by atoms with Crippen LogP contribution in [0.25, 0.3) is 0 Å². The number of benzene rings is 3. The number of ether oxygens (including phenoxy) is 2. The predicted molar refractivity (Wildman–Crippen MR) is 178 cm³/mol. The van der Waals surface area contributed by atoms with Crippen molar-refractivity contribution in [1.82, 2.24) is 0 Å². The van der Waals surface area contributed by atoms with Gasteiger partial charge in [-0.15, -0.1) is 0 Å². The maximum atomic E-state index is 13.5. The normalized spacial score (nSPS) is 17.1. The number of fused-ring (bicyclic) bond motifs is 1. The molecule has 0 fully saturated rings. The van der Waals surface area contributed by atoms with Crippen LogP contribution in [0.5, 0.6) is 11.5 Å². The highest BCUT2D eigenvalue weighted by Gasteiger charge is 2.41. The summed E-state index contributed by atoms with van der Waals surface area (Å²) < 4.78 is 47.4. The number of esters is 2. The van der Waals surface area contributed by atoms with E-state index in [9.17, 15) is 22.6 Å². The lowest BCUT2D eigenvalue weighted by atomic mass is 9.76. The first kappa shape index (κ1) is 30.1. The van der Waals surface area contributed by atoms with Crippen LogP contribution in [0.1, 0.15) is 11.1 Å². The first-order valence-corrected chi connectivity index (χ1v) is 17.3. The quantitative estimate of drug-likeness (QED) is 0.135. The fourth-order valence-corrected chi connectivity index (χ4v) is 11.8. The van der Waals surface area contributed by atoms with E-state index < -0.39 is 33.9 Å². The smallest absolute Gasteiger partial charge is 0.315 e. The Kier molecular flexibility index (Phi) is 10.1. The topological polar surface area (TPSA) is 107 Å². The minimum absolute atomic E-state index is 0.124. The molecule has 3 aromatic rings. The van der Waals surface area contributed by atoms with Crippen LogP contribution >= 0.6 is 113 Å². The zero-order valence-electron chi connectivity index (χ0n) is 18.4. The molecule has 2 unspecified atom stereocenters. The maximum Gasteiger partial charge on any atom is 0.315 e. The number of rotatable bonds is 5. The molecule has 0 saturated heterocycles. The molecular formula is C24H15I5O7S. The number of carbonyl (C=O) groups excluding carboxylic acids is 2. The van der Waals surface area contributed by atoms with E-state index in [-0.39, 0.29) is 17.8 Å². The molecule has 0 bridgehead atoms. The van der Waals surface area contributed by atoms with E-state index in [0.29, 0.717) is 18.6 Å². The van der Waals surface area contributed by atoms with Gasteiger partial charge in [0, 0.05) is 10.7 Å². The lowest BCUT2D eigenvalue weighted by molar-refractivity contribution is -0.151. The van der Waals surface area contributed by atoms with Crippen LogP contribution < -0.4 is 9.47 Å². The van der Waals surface area contributed by atoms with Gasteiger partial charge in [0.05, 0.1) is 19.0 Å². The van der Waals surface area contributed by atoms with Crippen LogP contribution in [-0.2, 0) is 32.5 Å². The predicted octanol–water partition coefficient (Wildman–Crippen LogP) is 6.50. The molecule has 7 nitrogen and oxygen atoms in total. The molecule has 0 aliphatic heterocycles. The number of halogens is 5. The molecule has 3 aromatic carbocycles. The average Bonchev–Trinajstić information content (AvgIpc) is 2.79. The third-order valence-corrected chi connectivity index (χ3v) is 11.3. The summed E-state index contributed by atoms with van der Waals surface area (Å²) >= 11 is 9.97. The maximum absolute atomic E-state index is 13.5. The minimum atomic E-state index is -4.44. The molecule has 1 aliphatic rings. The average molecular weight is 1080 g/mol. The standard InChI is InChI=1S/C24H15I5O7S/c25-13-7-17(26)21(18(27)8-13)36-24(31)16-6-12-4-2-1-3-11(12)5-15(16)23(30)35-14-9-19(28)22(20(29)10-14)37(32,33)34/h1-4,7-10,15-16H,5-6H2,(H,32,33,34). The van der Waals surface area contributed by atoms with Crippen molar-refractivity contribution in [3.8, 4) is 11.5 Å². The molecule has 2 atom stereocenters. The van der Waals surface area contributed by atoms with Gasteiger partial charge in [-0.05, 0) is 161 Å². The minimum Gasteiger partial charge on any atom is -0.426 e. The van der Waals surface area contributed by atoms with E-state index in [1.807, 2.05) is 36.4 Å². The summed E-state index contributed by atoms with van der Waals surface area (Å²) in [5.41, 5.74) is 1.93. The second-order valence-corrected chi connectivity index (χ2v) is 15.4. The van der Waals surface area contributed by atoms with Crippen LogP contribution in [0.3, 0.4) is 0 Å². The van der Waals surface area contributed by atoms with Gasteiger partial charge in [-0.1, -0.05) is 24.3 Å². The van der Waals surface area contributed by atoms with Crippen molar-refractivity contribution in [1.29, 1.82) is 0 Å². The van der Waals surface area contributed by atoms with Crippen LogP contribution in [0, 0.1) is 29.7 Å². The van der Waals surface area contributed by atoms with Gasteiger partial charge in [0.15, 0.2) is 5.75 Å². The molecule has 1 aliphatic carbocycles. The van der Waals surface area contributed by atoms with Crippen LogP contribution in [-0.4, -0.2) is 24.9 Å². The Morgan fingerprint density at radius 3 is 1.68 bits per heavy atom. The lowest BCUT2D eigenvalue weighted by Crippen LogP contribution is -2.40. The Bertz CT molecular complexity index is 1480. The van der Waals surface area contributed by atoms with Gasteiger partial charge in [-0.2, -0.15) is 8.42 Å². The van der Waals surface area contributed by atoms with E-state index >= 15 is 0 Å². The highest BCUT2D eigenvalue weighted by atomic mass is 127. The molecule has 4 rings (SSSR count). The summed E-state index contributed by atoms with van der Waals surface area (Å²) in [5.74, 6) is -2.13. The van der Waals surface area contributed by atoms with Crippen molar-refractivity contribution in [2.45, 2.75) is 17.7 Å². The monoisotopic (exact) mass is 1080 g/mol. The second kappa shape index (κ2) is 12.4. The van der Waals surface area contributed by atoms with Gasteiger partial charge in [-0.3, -0.25) is 14.1 Å². The van der Waals surface area contributed by atoms with Crippen LogP contribution in [0.4, 0.5) is 0 Å². The van der Waals surface area contributed by atoms with Gasteiger partial charge in [-0.25, -0.2) is 0 Å². The van der Waals surface area contributed by atoms with Gasteiger partial charge in [0.25, 0.3) is 10.1 Å². The lowest BCUT2D eigenvalue weighted by Gasteiger charge is -2.30. The molecule has 0 amide bonds. The van der Waals surface area contributed by atoms with E-state index in [1.165, 1.54) is 12.1 Å². The number of hydrogen-bond acceptors (Lipinski definition) is 6.